The van der Waals surface area contributed by atoms with Gasteiger partial charge in [0.1, 0.15) is 0 Å². The maximum absolute atomic E-state index is 5.74. The van der Waals surface area contributed by atoms with E-state index in [2.05, 4.69) is 24.3 Å². The number of benzene rings is 2. The number of nitrogens with two attached hydrogens (primary N) is 2. The normalized spacial score (nSPS) is 10.1. The standard InChI is InChI=1S/2C6H6N.Sb/c2*7-6-4-2-1-3-5-6;/h2*1-2,4-5H,7H2;. The van der Waals surface area contributed by atoms with Crippen molar-refractivity contribution in [2.75, 3.05) is 11.5 Å². The molecule has 4 N–H and O–H groups in total. The molecule has 15 heavy (non-hydrogen) atoms. The Morgan fingerprint density at radius 3 is 1.60 bits per heavy atom. The summed E-state index contributed by atoms with van der Waals surface area (Å²) >= 11 is -0.542. The summed E-state index contributed by atoms with van der Waals surface area (Å²) in [6, 6.07) is 16.2. The van der Waals surface area contributed by atoms with Gasteiger partial charge in [0.25, 0.3) is 0 Å². The average molecular weight is 306 g/mol. The van der Waals surface area contributed by atoms with Gasteiger partial charge in [-0.2, -0.15) is 0 Å². The van der Waals surface area contributed by atoms with Gasteiger partial charge in [0.2, 0.25) is 0 Å². The third kappa shape index (κ3) is 2.90. The summed E-state index contributed by atoms with van der Waals surface area (Å²) in [5, 5.41) is 0. The van der Waals surface area contributed by atoms with E-state index in [0.29, 0.717) is 0 Å². The number of hydrogen-bond acceptors (Lipinski definition) is 2. The fraction of sp³-hybridized carbons (Fsp3) is 0. The maximum atomic E-state index is 5.74. The molecule has 1 radical (unpaired) electrons. The molecule has 2 aromatic carbocycles. The van der Waals surface area contributed by atoms with Gasteiger partial charge in [0.15, 0.2) is 0 Å². The van der Waals surface area contributed by atoms with Crippen molar-refractivity contribution in [2.24, 2.45) is 0 Å². The zero-order valence-corrected chi connectivity index (χ0v) is 10.8. The van der Waals surface area contributed by atoms with Crippen LogP contribution in [0.25, 0.3) is 0 Å². The van der Waals surface area contributed by atoms with Gasteiger partial charge < -0.3 is 0 Å². The topological polar surface area (TPSA) is 52.0 Å². The third-order valence-corrected chi connectivity index (χ3v) is 5.06. The predicted octanol–water partition coefficient (Wildman–Crippen LogP) is 0.506. The molecule has 2 rings (SSSR count). The van der Waals surface area contributed by atoms with E-state index in [1.807, 2.05) is 24.3 Å². The van der Waals surface area contributed by atoms with Gasteiger partial charge in [-0.25, -0.2) is 0 Å². The Balaban J connectivity index is 2.22. The summed E-state index contributed by atoms with van der Waals surface area (Å²) in [6.07, 6.45) is 0. The van der Waals surface area contributed by atoms with Crippen LogP contribution in [0.4, 0.5) is 11.4 Å². The molecule has 0 bridgehead atoms. The quantitative estimate of drug-likeness (QED) is 0.627. The Bertz CT molecular complexity index is 425. The van der Waals surface area contributed by atoms with E-state index < -0.39 is 21.6 Å². The minimum absolute atomic E-state index is 0.542. The van der Waals surface area contributed by atoms with E-state index >= 15 is 0 Å². The molecule has 3 heteroatoms. The molecule has 0 aromatic heterocycles. The molecular weight excluding hydrogens is 294 g/mol. The van der Waals surface area contributed by atoms with E-state index in [1.165, 1.54) is 7.02 Å². The van der Waals surface area contributed by atoms with Crippen molar-refractivity contribution in [3.8, 4) is 0 Å². The minimum atomic E-state index is -0.542. The molecule has 0 fully saturated rings. The van der Waals surface area contributed by atoms with E-state index in [9.17, 15) is 0 Å². The molecule has 75 valence electrons. The summed E-state index contributed by atoms with van der Waals surface area (Å²) in [6.45, 7) is 0. The molecule has 0 aliphatic rings. The van der Waals surface area contributed by atoms with Crippen molar-refractivity contribution < 1.29 is 0 Å². The Labute approximate surface area is 99.8 Å². The van der Waals surface area contributed by atoms with Crippen molar-refractivity contribution in [2.45, 2.75) is 0 Å². The van der Waals surface area contributed by atoms with Gasteiger partial charge in [-0.1, -0.05) is 0 Å². The van der Waals surface area contributed by atoms with Gasteiger partial charge in [-0.3, -0.25) is 0 Å². The molecule has 0 spiro atoms. The van der Waals surface area contributed by atoms with Crippen molar-refractivity contribution in [1.82, 2.24) is 0 Å². The van der Waals surface area contributed by atoms with Crippen LogP contribution in [0.3, 0.4) is 0 Å². The first-order valence-electron chi connectivity index (χ1n) is 4.67. The van der Waals surface area contributed by atoms with Crippen molar-refractivity contribution in [3.63, 3.8) is 0 Å². The molecule has 2 nitrogen and oxygen atoms in total. The molecule has 0 saturated carbocycles. The van der Waals surface area contributed by atoms with Crippen molar-refractivity contribution >= 4 is 40.0 Å². The molecule has 0 saturated heterocycles. The van der Waals surface area contributed by atoms with Crippen LogP contribution in [0.2, 0.25) is 0 Å². The number of anilines is 2. The number of hydrogen-bond donors (Lipinski definition) is 2. The summed E-state index contributed by atoms with van der Waals surface area (Å²) in [4.78, 5) is 0. The van der Waals surface area contributed by atoms with Gasteiger partial charge in [-0.05, 0) is 0 Å². The van der Waals surface area contributed by atoms with Crippen molar-refractivity contribution in [3.05, 3.63) is 48.5 Å². The zero-order chi connectivity index (χ0) is 10.7. The molecule has 2 aromatic rings. The first-order chi connectivity index (χ1) is 7.24. The SMILES string of the molecule is Nc1ccc[c]([Sb][c]2cccc(N)c2)c1. The predicted molar refractivity (Wildman–Crippen MR) is 66.7 cm³/mol. The molecule has 0 aliphatic carbocycles. The first-order valence-corrected chi connectivity index (χ1v) is 7.22. The molecule has 0 amide bonds. The Hall–Kier alpha value is -1.14. The second kappa shape index (κ2) is 4.58. The first kappa shape index (κ1) is 10.4. The van der Waals surface area contributed by atoms with Gasteiger partial charge in [0.05, 0.1) is 0 Å². The molecule has 0 heterocycles. The third-order valence-electron chi connectivity index (χ3n) is 2.00. The summed E-state index contributed by atoms with van der Waals surface area (Å²) < 4.78 is 2.72. The summed E-state index contributed by atoms with van der Waals surface area (Å²) in [7, 11) is 0. The monoisotopic (exact) mass is 305 g/mol. The average Bonchev–Trinajstić information content (AvgIpc) is 2.17. The molecular formula is C12H12N2Sb. The van der Waals surface area contributed by atoms with Gasteiger partial charge in [0, 0.05) is 0 Å². The number of rotatable bonds is 2. The van der Waals surface area contributed by atoms with Crippen molar-refractivity contribution in [1.29, 1.82) is 0 Å². The fourth-order valence-corrected chi connectivity index (χ4v) is 4.32. The molecule has 0 aliphatic heterocycles. The van der Waals surface area contributed by atoms with Crippen LogP contribution in [0.1, 0.15) is 0 Å². The van der Waals surface area contributed by atoms with E-state index in [0.717, 1.165) is 11.4 Å². The number of nitrogen functional groups attached to an aromatic ring is 2. The van der Waals surface area contributed by atoms with Crippen LogP contribution >= 0.6 is 0 Å². The van der Waals surface area contributed by atoms with Crippen LogP contribution < -0.4 is 18.5 Å². The van der Waals surface area contributed by atoms with Gasteiger partial charge >= 0.3 is 100 Å². The Morgan fingerprint density at radius 2 is 1.20 bits per heavy atom. The van der Waals surface area contributed by atoms with Crippen LogP contribution in [-0.4, -0.2) is 21.6 Å². The summed E-state index contributed by atoms with van der Waals surface area (Å²) in [5.41, 5.74) is 13.2. The van der Waals surface area contributed by atoms with E-state index in [1.54, 1.807) is 0 Å². The van der Waals surface area contributed by atoms with Crippen LogP contribution in [-0.2, 0) is 0 Å². The second-order valence-electron chi connectivity index (χ2n) is 3.30. The van der Waals surface area contributed by atoms with Gasteiger partial charge in [-0.15, -0.1) is 0 Å². The van der Waals surface area contributed by atoms with Crippen LogP contribution in [0.15, 0.2) is 48.5 Å². The zero-order valence-electron chi connectivity index (χ0n) is 8.22. The summed E-state index contributed by atoms with van der Waals surface area (Å²) in [5.74, 6) is 0. The Kier molecular flexibility index (Phi) is 3.17. The fourth-order valence-electron chi connectivity index (χ4n) is 1.34. The van der Waals surface area contributed by atoms with Crippen LogP contribution in [0.5, 0.6) is 0 Å². The molecule has 0 unspecified atom stereocenters. The Morgan fingerprint density at radius 1 is 0.733 bits per heavy atom. The second-order valence-corrected chi connectivity index (χ2v) is 6.89. The van der Waals surface area contributed by atoms with E-state index in [4.69, 9.17) is 11.5 Å². The van der Waals surface area contributed by atoms with Crippen LogP contribution in [0, 0.1) is 0 Å². The molecule has 0 atom stereocenters. The van der Waals surface area contributed by atoms with E-state index in [-0.39, 0.29) is 0 Å².